The summed E-state index contributed by atoms with van der Waals surface area (Å²) in [6, 6.07) is 9.63. The number of hydrogen-bond acceptors (Lipinski definition) is 6. The Morgan fingerprint density at radius 1 is 1.32 bits per heavy atom. The quantitative estimate of drug-likeness (QED) is 0.221. The molecule has 2 aromatic rings. The van der Waals surface area contributed by atoms with E-state index in [0.717, 1.165) is 28.1 Å². The van der Waals surface area contributed by atoms with Crippen LogP contribution in [0.15, 0.2) is 53.9 Å². The fourth-order valence-electron chi connectivity index (χ4n) is 3.73. The Kier molecular flexibility index (Phi) is 6.51. The molecule has 1 unspecified atom stereocenters. The molecule has 31 heavy (non-hydrogen) atoms. The van der Waals surface area contributed by atoms with Crippen molar-refractivity contribution in [2.45, 2.75) is 19.6 Å². The number of aromatic nitrogens is 1. The number of alkyl halides is 3. The Bertz CT molecular complexity index is 968. The number of amidine groups is 1. The molecule has 0 spiro atoms. The molecule has 0 aliphatic carbocycles. The highest BCUT2D eigenvalue weighted by atomic mass is 19.4. The Balaban J connectivity index is 1.75. The van der Waals surface area contributed by atoms with Gasteiger partial charge in [-0.05, 0) is 48.6 Å². The van der Waals surface area contributed by atoms with Crippen LogP contribution >= 0.6 is 0 Å². The number of nitrogens with zero attached hydrogens (tertiary/aromatic N) is 4. The van der Waals surface area contributed by atoms with Gasteiger partial charge in [-0.1, -0.05) is 18.7 Å². The summed E-state index contributed by atoms with van der Waals surface area (Å²) in [4.78, 5) is 6.37. The molecule has 1 fully saturated rings. The van der Waals surface area contributed by atoms with Gasteiger partial charge in [0.2, 0.25) is 0 Å². The smallest absolute Gasteiger partial charge is 0.345 e. The van der Waals surface area contributed by atoms with Crippen LogP contribution in [0.5, 0.6) is 0 Å². The second-order valence-corrected chi connectivity index (χ2v) is 7.62. The third-order valence-electron chi connectivity index (χ3n) is 5.21. The maximum Gasteiger partial charge on any atom is 0.457 e. The molecule has 1 atom stereocenters. The first-order valence-electron chi connectivity index (χ1n) is 9.70. The average Bonchev–Trinajstić information content (AvgIpc) is 3.07. The lowest BCUT2D eigenvalue weighted by Crippen LogP contribution is -2.36. The number of nitrogens with one attached hydrogen (secondary N) is 1. The number of allylic oxidation sites excluding steroid dienone is 1. The fraction of sp³-hybridized carbons (Fsp3) is 0.333. The van der Waals surface area contributed by atoms with Crippen LogP contribution in [0.4, 0.5) is 18.9 Å². The lowest BCUT2D eigenvalue weighted by atomic mass is 10.0. The van der Waals surface area contributed by atoms with Crippen molar-refractivity contribution < 1.29 is 13.2 Å². The first-order valence-corrected chi connectivity index (χ1v) is 9.70. The summed E-state index contributed by atoms with van der Waals surface area (Å²) in [6.45, 7) is 6.39. The van der Waals surface area contributed by atoms with E-state index < -0.39 is 6.30 Å². The van der Waals surface area contributed by atoms with Gasteiger partial charge in [-0.15, -0.1) is 0 Å². The molecule has 10 heteroatoms. The van der Waals surface area contributed by atoms with E-state index in [9.17, 15) is 13.2 Å². The molecule has 1 aromatic carbocycles. The molecule has 5 N–H and O–H groups in total. The van der Waals surface area contributed by atoms with Gasteiger partial charge in [-0.25, -0.2) is 11.2 Å². The molecule has 3 rings (SSSR count). The molecular weight excluding hydrogens is 407 g/mol. The van der Waals surface area contributed by atoms with Gasteiger partial charge in [0.15, 0.2) is 5.84 Å². The van der Waals surface area contributed by atoms with E-state index in [2.05, 4.69) is 16.7 Å². The van der Waals surface area contributed by atoms with Gasteiger partial charge in [0.05, 0.1) is 0 Å². The lowest BCUT2D eigenvalue weighted by Gasteiger charge is -2.23. The first-order chi connectivity index (χ1) is 14.6. The van der Waals surface area contributed by atoms with Crippen molar-refractivity contribution in [1.29, 1.82) is 0 Å². The zero-order valence-corrected chi connectivity index (χ0v) is 17.4. The molecule has 0 amide bonds. The number of benzene rings is 1. The van der Waals surface area contributed by atoms with Gasteiger partial charge >= 0.3 is 6.30 Å². The van der Waals surface area contributed by atoms with Crippen LogP contribution in [-0.4, -0.2) is 42.3 Å². The van der Waals surface area contributed by atoms with E-state index in [1.54, 1.807) is 24.6 Å². The topological polar surface area (TPSA) is 95.8 Å². The third-order valence-corrected chi connectivity index (χ3v) is 5.21. The minimum Gasteiger partial charge on any atom is -0.345 e. The number of anilines is 1. The minimum absolute atomic E-state index is 0.125. The Morgan fingerprint density at radius 3 is 2.58 bits per heavy atom. The normalized spacial score (nSPS) is 17.4. The van der Waals surface area contributed by atoms with Crippen LogP contribution in [0.1, 0.15) is 17.7 Å². The zero-order chi connectivity index (χ0) is 22.8. The van der Waals surface area contributed by atoms with Crippen molar-refractivity contribution in [1.82, 2.24) is 15.3 Å². The van der Waals surface area contributed by atoms with Crippen molar-refractivity contribution in [3.8, 4) is 11.1 Å². The molecular formula is C21H26F3N7. The SMILES string of the molecule is C=C1CC(CNC(F)(F)F)CN1c1ccc(-c2ccc(/C(=N/N)N(C)N)nc2)cc1C. The summed E-state index contributed by atoms with van der Waals surface area (Å²) in [7, 11) is 1.62. The molecule has 0 bridgehead atoms. The van der Waals surface area contributed by atoms with Crippen LogP contribution in [0, 0.1) is 12.8 Å². The molecule has 1 aliphatic rings. The Labute approximate surface area is 179 Å². The average molecular weight is 433 g/mol. The Hall–Kier alpha value is -3.11. The number of pyridine rings is 1. The number of rotatable bonds is 5. The number of halogens is 3. The number of hydrazine groups is 1. The van der Waals surface area contributed by atoms with Crippen LogP contribution < -0.4 is 21.9 Å². The van der Waals surface area contributed by atoms with Crippen LogP contribution in [0.3, 0.4) is 0 Å². The van der Waals surface area contributed by atoms with Crippen LogP contribution in [-0.2, 0) is 0 Å². The third kappa shape index (κ3) is 5.33. The van der Waals surface area contributed by atoms with Crippen molar-refractivity contribution in [3.63, 3.8) is 0 Å². The summed E-state index contributed by atoms with van der Waals surface area (Å²) in [5, 5.41) is 6.56. The van der Waals surface area contributed by atoms with E-state index in [1.807, 2.05) is 36.1 Å². The molecule has 7 nitrogen and oxygen atoms in total. The van der Waals surface area contributed by atoms with Gasteiger partial charge in [0, 0.05) is 43.3 Å². The second kappa shape index (κ2) is 8.94. The summed E-state index contributed by atoms with van der Waals surface area (Å²) in [5.74, 6) is 11.3. The Morgan fingerprint density at radius 2 is 2.03 bits per heavy atom. The molecule has 2 heterocycles. The van der Waals surface area contributed by atoms with Gasteiger partial charge < -0.3 is 10.7 Å². The number of aryl methyl sites for hydroxylation is 1. The largest absolute Gasteiger partial charge is 0.457 e. The maximum atomic E-state index is 12.5. The summed E-state index contributed by atoms with van der Waals surface area (Å²) < 4.78 is 37.4. The van der Waals surface area contributed by atoms with Crippen LogP contribution in [0.25, 0.3) is 11.1 Å². The zero-order valence-electron chi connectivity index (χ0n) is 17.4. The highest BCUT2D eigenvalue weighted by molar-refractivity contribution is 5.96. The molecule has 0 saturated carbocycles. The van der Waals surface area contributed by atoms with Gasteiger partial charge in [-0.2, -0.15) is 18.3 Å². The summed E-state index contributed by atoms with van der Waals surface area (Å²) in [6.07, 6.45) is -2.13. The standard InChI is InChI=1S/C21H26F3N7/c1-13-8-16(17-4-6-18(27-11-17)20(29-25)30(3)26)5-7-19(13)31-12-15(9-14(31)2)10-28-21(22,23)24/h4-8,11,15,28H,2,9-10,12,25-26H2,1,3H3/b29-20-. The highest BCUT2D eigenvalue weighted by Crippen LogP contribution is 2.35. The minimum atomic E-state index is -4.37. The molecule has 1 aliphatic heterocycles. The van der Waals surface area contributed by atoms with Crippen molar-refractivity contribution in [2.75, 3.05) is 25.0 Å². The first kappa shape index (κ1) is 22.6. The van der Waals surface area contributed by atoms with Gasteiger partial charge in [-0.3, -0.25) is 9.99 Å². The second-order valence-electron chi connectivity index (χ2n) is 7.62. The van der Waals surface area contributed by atoms with E-state index in [1.165, 1.54) is 5.01 Å². The van der Waals surface area contributed by atoms with Crippen LogP contribution in [0.2, 0.25) is 0 Å². The van der Waals surface area contributed by atoms with Crippen molar-refractivity contribution in [2.24, 2.45) is 22.7 Å². The van der Waals surface area contributed by atoms with E-state index in [0.29, 0.717) is 24.5 Å². The van der Waals surface area contributed by atoms with E-state index >= 15 is 0 Å². The van der Waals surface area contributed by atoms with Gasteiger partial charge in [0.1, 0.15) is 5.69 Å². The number of nitrogens with two attached hydrogens (primary N) is 2. The number of hydrogen-bond donors (Lipinski definition) is 3. The summed E-state index contributed by atoms with van der Waals surface area (Å²) >= 11 is 0. The van der Waals surface area contributed by atoms with Gasteiger partial charge in [0.25, 0.3) is 0 Å². The monoisotopic (exact) mass is 433 g/mol. The van der Waals surface area contributed by atoms with Crippen molar-refractivity contribution >= 4 is 11.5 Å². The predicted molar refractivity (Wildman–Crippen MR) is 116 cm³/mol. The fourth-order valence-corrected chi connectivity index (χ4v) is 3.73. The predicted octanol–water partition coefficient (Wildman–Crippen LogP) is 2.93. The van der Waals surface area contributed by atoms with Crippen molar-refractivity contribution in [3.05, 3.63) is 60.1 Å². The van der Waals surface area contributed by atoms with E-state index in [-0.39, 0.29) is 12.5 Å². The summed E-state index contributed by atoms with van der Waals surface area (Å²) in [5.41, 5.74) is 5.18. The molecule has 0 radical (unpaired) electrons. The highest BCUT2D eigenvalue weighted by Gasteiger charge is 2.32. The maximum absolute atomic E-state index is 12.5. The lowest BCUT2D eigenvalue weighted by molar-refractivity contribution is -0.158. The van der Waals surface area contributed by atoms with E-state index in [4.69, 9.17) is 11.7 Å². The molecule has 1 saturated heterocycles. The molecule has 166 valence electrons. The number of hydrazone groups is 1. The molecule has 1 aromatic heterocycles.